The number of hydrogen-bond acceptors (Lipinski definition) is 2. The van der Waals surface area contributed by atoms with Gasteiger partial charge < -0.3 is 4.43 Å². The molecule has 164 valence electrons. The normalized spacial score (nSPS) is 13.1. The van der Waals surface area contributed by atoms with Crippen molar-refractivity contribution in [2.45, 2.75) is 64.8 Å². The lowest BCUT2D eigenvalue weighted by Crippen LogP contribution is -2.46. The third kappa shape index (κ3) is 5.00. The van der Waals surface area contributed by atoms with E-state index in [2.05, 4.69) is 32.3 Å². The monoisotopic (exact) mass is 439 g/mol. The average molecular weight is 440 g/mol. The molecule has 1 aromatic heterocycles. The second-order valence-corrected chi connectivity index (χ2v) is 14.1. The molecule has 30 heavy (non-hydrogen) atoms. The van der Waals surface area contributed by atoms with Crippen LogP contribution in [-0.2, 0) is 10.0 Å². The topological polar surface area (TPSA) is 22.1 Å². The van der Waals surface area contributed by atoms with Gasteiger partial charge in [0.05, 0.1) is 11.3 Å². The Morgan fingerprint density at radius 3 is 2.03 bits per heavy atom. The highest BCUT2D eigenvalue weighted by Gasteiger charge is 2.43. The first-order chi connectivity index (χ1) is 13.6. The van der Waals surface area contributed by atoms with E-state index in [1.165, 1.54) is 30.3 Å². The van der Waals surface area contributed by atoms with Crippen molar-refractivity contribution in [2.75, 3.05) is 0 Å². The summed E-state index contributed by atoms with van der Waals surface area (Å²) in [6, 6.07) is 6.34. The molecular weight excluding hydrogens is 410 g/mol. The Morgan fingerprint density at radius 1 is 1.03 bits per heavy atom. The zero-order valence-electron chi connectivity index (χ0n) is 18.5. The number of aromatic nitrogens is 1. The minimum absolute atomic E-state index is 0.110. The minimum atomic E-state index is -2.85. The fourth-order valence-electron chi connectivity index (χ4n) is 2.89. The first kappa shape index (κ1) is 24.3. The van der Waals surface area contributed by atoms with Gasteiger partial charge >= 0.3 is 0 Å². The maximum atomic E-state index is 15.6. The van der Waals surface area contributed by atoms with Gasteiger partial charge in [-0.1, -0.05) is 27.4 Å². The van der Waals surface area contributed by atoms with E-state index in [0.29, 0.717) is 0 Å². The van der Waals surface area contributed by atoms with E-state index in [4.69, 9.17) is 4.43 Å². The zero-order valence-corrected chi connectivity index (χ0v) is 19.5. The van der Waals surface area contributed by atoms with E-state index in [-0.39, 0.29) is 27.6 Å². The third-order valence-corrected chi connectivity index (χ3v) is 10.3. The molecule has 0 radical (unpaired) electrons. The van der Waals surface area contributed by atoms with Gasteiger partial charge in [0.25, 0.3) is 6.43 Å². The summed E-state index contributed by atoms with van der Waals surface area (Å²) in [5.41, 5.74) is -1.49. The van der Waals surface area contributed by atoms with Crippen LogP contribution >= 0.6 is 0 Å². The highest BCUT2D eigenvalue weighted by Crippen LogP contribution is 2.43. The van der Waals surface area contributed by atoms with E-state index < -0.39 is 37.6 Å². The standard InChI is InChI=1S/C23H29F4NOSi/c1-14(21(26)27)18-13-17(23(5,6)29-30(7,8)22(2,3)4)19(25)20(28-18)15-9-11-16(24)12-10-15/h9-13,21H,1H2,2-8H3. The van der Waals surface area contributed by atoms with Crippen molar-refractivity contribution >= 4 is 13.9 Å². The molecule has 0 saturated heterocycles. The van der Waals surface area contributed by atoms with Crippen molar-refractivity contribution in [2.24, 2.45) is 0 Å². The maximum absolute atomic E-state index is 15.6. The molecule has 0 N–H and O–H groups in total. The van der Waals surface area contributed by atoms with E-state index in [0.717, 1.165) is 0 Å². The predicted octanol–water partition coefficient (Wildman–Crippen LogP) is 7.56. The Balaban J connectivity index is 2.71. The van der Waals surface area contributed by atoms with Crippen LogP contribution in [0.5, 0.6) is 0 Å². The van der Waals surface area contributed by atoms with Crippen molar-refractivity contribution < 1.29 is 22.0 Å². The first-order valence-electron chi connectivity index (χ1n) is 9.71. The summed E-state index contributed by atoms with van der Waals surface area (Å²) >= 11 is 0. The van der Waals surface area contributed by atoms with E-state index >= 15 is 4.39 Å². The Morgan fingerprint density at radius 2 is 1.57 bits per heavy atom. The quantitative estimate of drug-likeness (QED) is 0.342. The molecule has 1 aromatic carbocycles. The average Bonchev–Trinajstić information content (AvgIpc) is 2.60. The van der Waals surface area contributed by atoms with Crippen molar-refractivity contribution in [1.82, 2.24) is 4.98 Å². The lowest BCUT2D eigenvalue weighted by molar-refractivity contribution is 0.0861. The number of hydrogen-bond donors (Lipinski definition) is 0. The summed E-state index contributed by atoms with van der Waals surface area (Å²) in [6.07, 6.45) is -2.85. The number of rotatable bonds is 6. The van der Waals surface area contributed by atoms with Crippen LogP contribution in [0.2, 0.25) is 18.1 Å². The maximum Gasteiger partial charge on any atom is 0.265 e. The summed E-state index contributed by atoms with van der Waals surface area (Å²) in [5, 5.41) is -0.136. The largest absolute Gasteiger partial charge is 0.408 e. The molecule has 0 aliphatic rings. The fourth-order valence-corrected chi connectivity index (χ4v) is 4.58. The molecule has 0 spiro atoms. The summed E-state index contributed by atoms with van der Waals surface area (Å²) in [4.78, 5) is 4.09. The van der Waals surface area contributed by atoms with Crippen LogP contribution in [0.1, 0.15) is 45.9 Å². The van der Waals surface area contributed by atoms with Crippen molar-refractivity contribution in [3.8, 4) is 11.3 Å². The summed E-state index contributed by atoms with van der Waals surface area (Å²) in [6.45, 7) is 17.1. The SMILES string of the molecule is C=C(c1cc(C(C)(C)O[Si](C)(C)C(C)(C)C)c(F)c(-c2ccc(F)cc2)n1)C(F)F. The van der Waals surface area contributed by atoms with E-state index in [9.17, 15) is 13.2 Å². The molecule has 2 aromatic rings. The van der Waals surface area contributed by atoms with Gasteiger partial charge in [0, 0.05) is 16.7 Å². The van der Waals surface area contributed by atoms with Gasteiger partial charge in [-0.3, -0.25) is 0 Å². The van der Waals surface area contributed by atoms with Gasteiger partial charge in [0.1, 0.15) is 11.5 Å². The molecule has 0 fully saturated rings. The van der Waals surface area contributed by atoms with Crippen LogP contribution in [0.15, 0.2) is 36.9 Å². The molecule has 0 unspecified atom stereocenters. The van der Waals surface area contributed by atoms with Gasteiger partial charge in [-0.25, -0.2) is 22.5 Å². The van der Waals surface area contributed by atoms with Crippen LogP contribution in [-0.4, -0.2) is 19.7 Å². The third-order valence-electron chi connectivity index (χ3n) is 5.63. The van der Waals surface area contributed by atoms with Crippen LogP contribution in [0.25, 0.3) is 16.8 Å². The number of allylic oxidation sites excluding steroid dienone is 1. The molecule has 7 heteroatoms. The molecule has 0 amide bonds. The van der Waals surface area contributed by atoms with E-state index in [1.54, 1.807) is 13.8 Å². The predicted molar refractivity (Wildman–Crippen MR) is 116 cm³/mol. The van der Waals surface area contributed by atoms with Gasteiger partial charge in [-0.2, -0.15) is 0 Å². The molecule has 0 aliphatic carbocycles. The summed E-state index contributed by atoms with van der Waals surface area (Å²) in [5.74, 6) is -1.18. The Bertz CT molecular complexity index is 931. The molecule has 0 saturated carbocycles. The second-order valence-electron chi connectivity index (χ2n) is 9.42. The van der Waals surface area contributed by atoms with Crippen LogP contribution in [0, 0.1) is 11.6 Å². The minimum Gasteiger partial charge on any atom is -0.408 e. The van der Waals surface area contributed by atoms with Gasteiger partial charge in [-0.05, 0) is 62.3 Å². The van der Waals surface area contributed by atoms with Crippen LogP contribution in [0.3, 0.4) is 0 Å². The molecule has 1 heterocycles. The van der Waals surface area contributed by atoms with Gasteiger partial charge in [0.2, 0.25) is 0 Å². The fraction of sp³-hybridized carbons (Fsp3) is 0.435. The molecule has 2 rings (SSSR count). The van der Waals surface area contributed by atoms with Crippen molar-refractivity contribution in [3.63, 3.8) is 0 Å². The Kier molecular flexibility index (Phi) is 6.69. The highest BCUT2D eigenvalue weighted by atomic mass is 28.4. The lowest BCUT2D eigenvalue weighted by atomic mass is 9.94. The lowest BCUT2D eigenvalue weighted by Gasteiger charge is -2.43. The smallest absolute Gasteiger partial charge is 0.265 e. The highest BCUT2D eigenvalue weighted by molar-refractivity contribution is 6.74. The second kappa shape index (κ2) is 8.27. The zero-order chi connectivity index (χ0) is 23.1. The summed E-state index contributed by atoms with van der Waals surface area (Å²) in [7, 11) is -2.32. The molecule has 0 aliphatic heterocycles. The van der Waals surface area contributed by atoms with Crippen molar-refractivity contribution in [3.05, 3.63) is 59.8 Å². The summed E-state index contributed by atoms with van der Waals surface area (Å²) < 4.78 is 62.1. The first-order valence-corrected chi connectivity index (χ1v) is 12.6. The molecule has 0 atom stereocenters. The Labute approximate surface area is 177 Å². The van der Waals surface area contributed by atoms with Crippen molar-refractivity contribution in [1.29, 1.82) is 0 Å². The molecule has 2 nitrogen and oxygen atoms in total. The van der Waals surface area contributed by atoms with Crippen LogP contribution in [0.4, 0.5) is 17.6 Å². The van der Waals surface area contributed by atoms with Gasteiger partial charge in [0.15, 0.2) is 14.1 Å². The number of halogens is 4. The van der Waals surface area contributed by atoms with Gasteiger partial charge in [-0.15, -0.1) is 0 Å². The number of alkyl halides is 2. The molecular formula is C23H29F4NOSi. The number of benzene rings is 1. The number of pyridine rings is 1. The van der Waals surface area contributed by atoms with Crippen LogP contribution < -0.4 is 0 Å². The Hall–Kier alpha value is -1.99. The van der Waals surface area contributed by atoms with E-state index in [1.807, 2.05) is 13.1 Å². The number of nitrogens with zero attached hydrogens (tertiary/aromatic N) is 1. The molecule has 0 bridgehead atoms.